The molecule has 2 aliphatic rings. The van der Waals surface area contributed by atoms with Crippen molar-refractivity contribution in [2.24, 2.45) is 10.9 Å². The molecular weight excluding hydrogens is 477 g/mol. The van der Waals surface area contributed by atoms with E-state index in [0.29, 0.717) is 25.2 Å². The zero-order valence-electron chi connectivity index (χ0n) is 17.7. The van der Waals surface area contributed by atoms with Crippen LogP contribution in [0.15, 0.2) is 35.3 Å². The third kappa shape index (κ3) is 8.12. The average Bonchev–Trinajstić information content (AvgIpc) is 3.53. The first-order valence-electron chi connectivity index (χ1n) is 10.8. The first-order valence-corrected chi connectivity index (χ1v) is 10.8. The van der Waals surface area contributed by atoms with Crippen LogP contribution in [0.4, 0.5) is 0 Å². The maximum atomic E-state index is 11.7. The Morgan fingerprint density at radius 1 is 1.17 bits per heavy atom. The first-order chi connectivity index (χ1) is 13.7. The molecule has 2 atom stereocenters. The highest BCUT2D eigenvalue weighted by atomic mass is 127. The number of amides is 1. The number of nitrogens with zero attached hydrogens (tertiary/aromatic N) is 2. The van der Waals surface area contributed by atoms with E-state index in [-0.39, 0.29) is 35.8 Å². The lowest BCUT2D eigenvalue weighted by molar-refractivity contribution is -0.122. The zero-order chi connectivity index (χ0) is 19.8. The van der Waals surface area contributed by atoms with Crippen molar-refractivity contribution in [3.8, 4) is 0 Å². The van der Waals surface area contributed by atoms with Gasteiger partial charge >= 0.3 is 0 Å². The van der Waals surface area contributed by atoms with Crippen molar-refractivity contribution in [1.82, 2.24) is 20.9 Å². The molecule has 162 valence electrons. The lowest BCUT2D eigenvalue weighted by Crippen LogP contribution is -2.51. The van der Waals surface area contributed by atoms with Gasteiger partial charge in [-0.05, 0) is 45.1 Å². The van der Waals surface area contributed by atoms with E-state index in [1.807, 2.05) is 0 Å². The normalized spacial score (nSPS) is 22.5. The Bertz CT molecular complexity index is 650. The number of carbonyl (C=O) groups excluding carboxylic acids is 1. The molecule has 1 saturated carbocycles. The molecule has 1 amide bonds. The second-order valence-electron chi connectivity index (χ2n) is 8.00. The Morgan fingerprint density at radius 2 is 1.93 bits per heavy atom. The van der Waals surface area contributed by atoms with Crippen LogP contribution in [0.1, 0.15) is 45.1 Å². The van der Waals surface area contributed by atoms with E-state index in [9.17, 15) is 4.79 Å². The minimum absolute atomic E-state index is 0. The van der Waals surface area contributed by atoms with E-state index in [1.54, 1.807) is 0 Å². The Balaban J connectivity index is 0.00000300. The summed E-state index contributed by atoms with van der Waals surface area (Å²) < 4.78 is 0. The standard InChI is InChI=1S/C22H35N5O.HI/c1-3-23-22(25-13-12-24-21(28)19-9-10-19)26-20-11-14-27(17(2)15-20)16-18-7-5-4-6-8-18;/h4-8,17,19-20H,3,9-16H2,1-2H3,(H,24,28)(H2,23,25,26);1H. The van der Waals surface area contributed by atoms with Gasteiger partial charge in [0.1, 0.15) is 0 Å². The summed E-state index contributed by atoms with van der Waals surface area (Å²) in [6, 6.07) is 11.7. The maximum absolute atomic E-state index is 11.7. The molecule has 6 nitrogen and oxygen atoms in total. The number of nitrogens with one attached hydrogen (secondary N) is 3. The first kappa shape index (κ1) is 23.9. The predicted molar refractivity (Wildman–Crippen MR) is 130 cm³/mol. The summed E-state index contributed by atoms with van der Waals surface area (Å²) in [6.07, 6.45) is 4.30. The second kappa shape index (κ2) is 12.4. The summed E-state index contributed by atoms with van der Waals surface area (Å²) in [6.45, 7) is 8.55. The van der Waals surface area contributed by atoms with Gasteiger partial charge in [0, 0.05) is 44.2 Å². The highest BCUT2D eigenvalue weighted by Gasteiger charge is 2.29. The van der Waals surface area contributed by atoms with Gasteiger partial charge in [-0.25, -0.2) is 0 Å². The number of hydrogen-bond donors (Lipinski definition) is 3. The molecule has 0 aromatic heterocycles. The molecule has 1 aliphatic heterocycles. The number of likely N-dealkylation sites (tertiary alicyclic amines) is 1. The summed E-state index contributed by atoms with van der Waals surface area (Å²) in [5.74, 6) is 1.31. The van der Waals surface area contributed by atoms with E-state index in [4.69, 9.17) is 0 Å². The fourth-order valence-electron chi connectivity index (χ4n) is 3.75. The van der Waals surface area contributed by atoms with Gasteiger partial charge in [0.2, 0.25) is 5.91 Å². The van der Waals surface area contributed by atoms with Crippen molar-refractivity contribution >= 4 is 35.8 Å². The van der Waals surface area contributed by atoms with Crippen LogP contribution in [-0.2, 0) is 11.3 Å². The summed E-state index contributed by atoms with van der Waals surface area (Å²) in [4.78, 5) is 18.9. The van der Waals surface area contributed by atoms with Crippen LogP contribution in [0.2, 0.25) is 0 Å². The maximum Gasteiger partial charge on any atom is 0.223 e. The number of carbonyl (C=O) groups is 1. The molecule has 1 aromatic carbocycles. The lowest BCUT2D eigenvalue weighted by Gasteiger charge is -2.38. The van der Waals surface area contributed by atoms with Crippen molar-refractivity contribution in [2.75, 3.05) is 26.2 Å². The van der Waals surface area contributed by atoms with E-state index < -0.39 is 0 Å². The van der Waals surface area contributed by atoms with Crippen LogP contribution >= 0.6 is 24.0 Å². The number of piperidine rings is 1. The van der Waals surface area contributed by atoms with Crippen LogP contribution in [-0.4, -0.2) is 55.0 Å². The Labute approximate surface area is 192 Å². The largest absolute Gasteiger partial charge is 0.357 e. The van der Waals surface area contributed by atoms with Gasteiger partial charge < -0.3 is 16.0 Å². The molecule has 0 spiro atoms. The monoisotopic (exact) mass is 513 g/mol. The van der Waals surface area contributed by atoms with Gasteiger partial charge in [-0.3, -0.25) is 14.7 Å². The number of hydrogen-bond acceptors (Lipinski definition) is 3. The molecule has 3 rings (SSSR count). The van der Waals surface area contributed by atoms with E-state index in [1.165, 1.54) is 5.56 Å². The second-order valence-corrected chi connectivity index (χ2v) is 8.00. The van der Waals surface area contributed by atoms with Crippen LogP contribution in [0.25, 0.3) is 0 Å². The van der Waals surface area contributed by atoms with Crippen LogP contribution in [0.5, 0.6) is 0 Å². The van der Waals surface area contributed by atoms with Gasteiger partial charge in [0.15, 0.2) is 5.96 Å². The van der Waals surface area contributed by atoms with Crippen molar-refractivity contribution in [3.05, 3.63) is 35.9 Å². The fraction of sp³-hybridized carbons (Fsp3) is 0.636. The van der Waals surface area contributed by atoms with Crippen LogP contribution in [0, 0.1) is 5.92 Å². The number of benzene rings is 1. The molecule has 2 unspecified atom stereocenters. The number of aliphatic imine (C=N–C) groups is 1. The topological polar surface area (TPSA) is 68.8 Å². The smallest absolute Gasteiger partial charge is 0.223 e. The summed E-state index contributed by atoms with van der Waals surface area (Å²) >= 11 is 0. The molecule has 1 aliphatic carbocycles. The van der Waals surface area contributed by atoms with E-state index >= 15 is 0 Å². The molecule has 7 heteroatoms. The summed E-state index contributed by atoms with van der Waals surface area (Å²) in [5.41, 5.74) is 1.38. The minimum atomic E-state index is 0. The highest BCUT2D eigenvalue weighted by molar-refractivity contribution is 14.0. The molecule has 29 heavy (non-hydrogen) atoms. The average molecular weight is 513 g/mol. The molecule has 1 aromatic rings. The zero-order valence-corrected chi connectivity index (χ0v) is 20.0. The Morgan fingerprint density at radius 3 is 2.59 bits per heavy atom. The number of rotatable bonds is 8. The third-order valence-electron chi connectivity index (χ3n) is 5.56. The van der Waals surface area contributed by atoms with Gasteiger partial charge in [-0.1, -0.05) is 30.3 Å². The van der Waals surface area contributed by atoms with Crippen molar-refractivity contribution in [1.29, 1.82) is 0 Å². The quantitative estimate of drug-likeness (QED) is 0.217. The molecule has 0 bridgehead atoms. The van der Waals surface area contributed by atoms with Crippen molar-refractivity contribution in [3.63, 3.8) is 0 Å². The number of halogens is 1. The van der Waals surface area contributed by atoms with E-state index in [2.05, 4.69) is 70.0 Å². The van der Waals surface area contributed by atoms with Gasteiger partial charge in [-0.2, -0.15) is 0 Å². The van der Waals surface area contributed by atoms with Crippen molar-refractivity contribution < 1.29 is 4.79 Å². The van der Waals surface area contributed by atoms with Gasteiger partial charge in [-0.15, -0.1) is 24.0 Å². The summed E-state index contributed by atoms with van der Waals surface area (Å²) in [5, 5.41) is 9.90. The predicted octanol–water partition coefficient (Wildman–Crippen LogP) is 2.74. The minimum Gasteiger partial charge on any atom is -0.357 e. The molecular formula is C22H36IN5O. The van der Waals surface area contributed by atoms with Crippen LogP contribution < -0.4 is 16.0 Å². The van der Waals surface area contributed by atoms with E-state index in [0.717, 1.165) is 51.3 Å². The SMILES string of the molecule is CCNC(=NCCNC(=O)C1CC1)NC1CCN(Cc2ccccc2)C(C)C1.I. The fourth-order valence-corrected chi connectivity index (χ4v) is 3.75. The molecule has 3 N–H and O–H groups in total. The molecule has 0 radical (unpaired) electrons. The number of guanidine groups is 1. The van der Waals surface area contributed by atoms with Gasteiger partial charge in [0.05, 0.1) is 6.54 Å². The Hall–Kier alpha value is -1.35. The third-order valence-corrected chi connectivity index (χ3v) is 5.56. The Kier molecular flexibility index (Phi) is 10.2. The molecule has 1 heterocycles. The van der Waals surface area contributed by atoms with Crippen molar-refractivity contribution in [2.45, 2.75) is 58.2 Å². The molecule has 1 saturated heterocycles. The molecule has 2 fully saturated rings. The summed E-state index contributed by atoms with van der Waals surface area (Å²) in [7, 11) is 0. The highest BCUT2D eigenvalue weighted by Crippen LogP contribution is 2.28. The lowest BCUT2D eigenvalue weighted by atomic mass is 9.97. The van der Waals surface area contributed by atoms with Crippen LogP contribution in [0.3, 0.4) is 0 Å². The van der Waals surface area contributed by atoms with Gasteiger partial charge in [0.25, 0.3) is 0 Å².